The number of nitrogens with two attached hydrogens (primary N) is 1. The normalized spacial score (nSPS) is 21.0. The lowest BCUT2D eigenvalue weighted by Gasteiger charge is -2.19. The minimum Gasteiger partial charge on any atom is -0.462 e. The van der Waals surface area contributed by atoms with Crippen molar-refractivity contribution in [1.82, 2.24) is 5.32 Å². The van der Waals surface area contributed by atoms with Gasteiger partial charge in [0.25, 0.3) is 6.02 Å². The zero-order chi connectivity index (χ0) is 16.5. The summed E-state index contributed by atoms with van der Waals surface area (Å²) < 4.78 is 24.4. The van der Waals surface area contributed by atoms with Crippen molar-refractivity contribution in [3.05, 3.63) is 29.6 Å². The minimum absolute atomic E-state index is 0.00132. The summed E-state index contributed by atoms with van der Waals surface area (Å²) >= 11 is 0. The number of alkyl carbamates (subject to hydrolysis) is 1. The number of carbonyl (C=O) groups is 1. The second kappa shape index (κ2) is 5.47. The molecule has 0 unspecified atom stereocenters. The molecule has 120 valence electrons. The molecule has 0 saturated heterocycles. The number of halogens is 1. The predicted octanol–water partition coefficient (Wildman–Crippen LogP) is 2.53. The van der Waals surface area contributed by atoms with E-state index in [0.29, 0.717) is 11.3 Å². The van der Waals surface area contributed by atoms with Crippen LogP contribution in [-0.2, 0) is 15.0 Å². The lowest BCUT2D eigenvalue weighted by atomic mass is 9.93. The quantitative estimate of drug-likeness (QED) is 0.781. The Kier molecular flexibility index (Phi) is 4.00. The smallest absolute Gasteiger partial charge is 0.415 e. The van der Waals surface area contributed by atoms with Crippen molar-refractivity contribution >= 4 is 17.8 Å². The SMILES string of the molecule is CC(C)(C)OC(=O)NC1=N[C@@](C)(c2cc(N)ccc2F)CO1. The van der Waals surface area contributed by atoms with E-state index in [9.17, 15) is 9.18 Å². The van der Waals surface area contributed by atoms with Gasteiger partial charge in [-0.15, -0.1) is 0 Å². The Hall–Kier alpha value is -2.31. The zero-order valence-corrected chi connectivity index (χ0v) is 13.1. The number of rotatable bonds is 1. The van der Waals surface area contributed by atoms with Crippen LogP contribution in [0, 0.1) is 5.82 Å². The molecule has 0 radical (unpaired) electrons. The first kappa shape index (κ1) is 16.1. The Balaban J connectivity index is 2.17. The van der Waals surface area contributed by atoms with Gasteiger partial charge in [0.1, 0.15) is 23.6 Å². The van der Waals surface area contributed by atoms with Crippen LogP contribution in [0.15, 0.2) is 23.2 Å². The van der Waals surface area contributed by atoms with E-state index in [0.717, 1.165) is 0 Å². The summed E-state index contributed by atoms with van der Waals surface area (Å²) in [5.41, 5.74) is 4.85. The summed E-state index contributed by atoms with van der Waals surface area (Å²) in [5.74, 6) is -0.428. The molecular weight excluding hydrogens is 289 g/mol. The third-order valence-electron chi connectivity index (χ3n) is 3.02. The fraction of sp³-hybridized carbons (Fsp3) is 0.467. The van der Waals surface area contributed by atoms with Gasteiger partial charge >= 0.3 is 6.09 Å². The molecule has 1 amide bonds. The summed E-state index contributed by atoms with van der Waals surface area (Å²) in [4.78, 5) is 15.9. The number of nitrogens with zero attached hydrogens (tertiary/aromatic N) is 1. The zero-order valence-electron chi connectivity index (χ0n) is 13.1. The van der Waals surface area contributed by atoms with Crippen LogP contribution in [0.2, 0.25) is 0 Å². The Morgan fingerprint density at radius 2 is 2.18 bits per heavy atom. The molecule has 0 fully saturated rings. The van der Waals surface area contributed by atoms with Crippen molar-refractivity contribution in [2.24, 2.45) is 4.99 Å². The largest absolute Gasteiger partial charge is 0.462 e. The van der Waals surface area contributed by atoms with Gasteiger partial charge in [-0.1, -0.05) is 0 Å². The first-order valence-corrected chi connectivity index (χ1v) is 6.87. The van der Waals surface area contributed by atoms with Gasteiger partial charge < -0.3 is 15.2 Å². The number of nitrogens with one attached hydrogen (secondary N) is 1. The van der Waals surface area contributed by atoms with Gasteiger partial charge in [0.15, 0.2) is 0 Å². The highest BCUT2D eigenvalue weighted by atomic mass is 19.1. The standard InChI is InChI=1S/C15H20FN3O3/c1-14(2,3)22-13(20)18-12-19-15(4,8-21-12)10-7-9(17)5-6-11(10)16/h5-7H,8,17H2,1-4H3,(H,18,19,20)/t15-/m1/s1. The number of anilines is 1. The Morgan fingerprint density at radius 1 is 1.50 bits per heavy atom. The number of nitrogen functional groups attached to an aromatic ring is 1. The first-order valence-electron chi connectivity index (χ1n) is 6.87. The third kappa shape index (κ3) is 3.66. The van der Waals surface area contributed by atoms with Gasteiger partial charge in [0.2, 0.25) is 0 Å². The van der Waals surface area contributed by atoms with E-state index < -0.39 is 23.1 Å². The van der Waals surface area contributed by atoms with E-state index in [4.69, 9.17) is 15.2 Å². The van der Waals surface area contributed by atoms with Gasteiger partial charge in [-0.2, -0.15) is 0 Å². The molecule has 1 aliphatic rings. The Bertz CT molecular complexity index is 625. The van der Waals surface area contributed by atoms with E-state index in [2.05, 4.69) is 10.3 Å². The molecule has 22 heavy (non-hydrogen) atoms. The Morgan fingerprint density at radius 3 is 2.82 bits per heavy atom. The highest BCUT2D eigenvalue weighted by molar-refractivity contribution is 5.91. The fourth-order valence-electron chi connectivity index (χ4n) is 2.05. The highest BCUT2D eigenvalue weighted by Gasteiger charge is 2.37. The van der Waals surface area contributed by atoms with Crippen LogP contribution in [-0.4, -0.2) is 24.3 Å². The van der Waals surface area contributed by atoms with Crippen LogP contribution in [0.4, 0.5) is 14.9 Å². The molecule has 0 aromatic heterocycles. The number of benzene rings is 1. The van der Waals surface area contributed by atoms with Crippen LogP contribution in [0.1, 0.15) is 33.3 Å². The van der Waals surface area contributed by atoms with E-state index in [1.807, 2.05) is 0 Å². The molecule has 1 aliphatic heterocycles. The molecule has 0 aliphatic carbocycles. The van der Waals surface area contributed by atoms with Gasteiger partial charge in [-0.05, 0) is 45.9 Å². The molecule has 1 heterocycles. The van der Waals surface area contributed by atoms with Crippen molar-refractivity contribution < 1.29 is 18.7 Å². The van der Waals surface area contributed by atoms with Gasteiger partial charge in [0.05, 0.1) is 0 Å². The number of hydrogen-bond donors (Lipinski definition) is 2. The van der Waals surface area contributed by atoms with Crippen molar-refractivity contribution in [3.8, 4) is 0 Å². The van der Waals surface area contributed by atoms with E-state index in [-0.39, 0.29) is 12.6 Å². The number of carbonyl (C=O) groups excluding carboxylic acids is 1. The summed E-state index contributed by atoms with van der Waals surface area (Å²) in [6, 6.07) is 4.27. The summed E-state index contributed by atoms with van der Waals surface area (Å²) in [5, 5.41) is 2.41. The molecule has 7 heteroatoms. The molecule has 0 spiro atoms. The molecule has 2 rings (SSSR count). The number of aliphatic imine (C=N–C) groups is 1. The average Bonchev–Trinajstić information content (AvgIpc) is 2.72. The van der Waals surface area contributed by atoms with Gasteiger partial charge in [0, 0.05) is 11.3 Å². The molecular formula is C15H20FN3O3. The lowest BCUT2D eigenvalue weighted by Crippen LogP contribution is -2.36. The van der Waals surface area contributed by atoms with Crippen molar-refractivity contribution in [1.29, 1.82) is 0 Å². The summed E-state index contributed by atoms with van der Waals surface area (Å²) in [7, 11) is 0. The Labute approximate surface area is 128 Å². The average molecular weight is 309 g/mol. The maximum absolute atomic E-state index is 14.0. The predicted molar refractivity (Wildman–Crippen MR) is 80.9 cm³/mol. The monoisotopic (exact) mass is 309 g/mol. The number of amidine groups is 1. The second-order valence-electron chi connectivity index (χ2n) is 6.35. The van der Waals surface area contributed by atoms with Crippen molar-refractivity contribution in [3.63, 3.8) is 0 Å². The molecule has 6 nitrogen and oxygen atoms in total. The molecule has 1 aromatic rings. The number of hydrogen-bond acceptors (Lipinski definition) is 5. The number of ether oxygens (including phenoxy) is 2. The van der Waals surface area contributed by atoms with E-state index in [1.165, 1.54) is 18.2 Å². The second-order valence-corrected chi connectivity index (χ2v) is 6.35. The molecule has 1 atom stereocenters. The lowest BCUT2D eigenvalue weighted by molar-refractivity contribution is 0.0551. The fourth-order valence-corrected chi connectivity index (χ4v) is 2.05. The molecule has 0 saturated carbocycles. The molecule has 1 aromatic carbocycles. The maximum Gasteiger partial charge on any atom is 0.415 e. The molecule has 0 bridgehead atoms. The van der Waals surface area contributed by atoms with Crippen molar-refractivity contribution in [2.45, 2.75) is 38.8 Å². The summed E-state index contributed by atoms with van der Waals surface area (Å²) in [6.45, 7) is 7.04. The number of amides is 1. The van der Waals surface area contributed by atoms with E-state index >= 15 is 0 Å². The van der Waals surface area contributed by atoms with E-state index in [1.54, 1.807) is 27.7 Å². The van der Waals surface area contributed by atoms with Gasteiger partial charge in [-0.3, -0.25) is 0 Å². The minimum atomic E-state index is -0.955. The van der Waals surface area contributed by atoms with Crippen LogP contribution in [0.25, 0.3) is 0 Å². The van der Waals surface area contributed by atoms with Gasteiger partial charge in [-0.25, -0.2) is 19.5 Å². The first-order chi connectivity index (χ1) is 10.1. The maximum atomic E-state index is 14.0. The van der Waals surface area contributed by atoms with Crippen LogP contribution in [0.3, 0.4) is 0 Å². The van der Waals surface area contributed by atoms with Crippen LogP contribution < -0.4 is 11.1 Å². The summed E-state index contributed by atoms with van der Waals surface area (Å²) in [6.07, 6.45) is -0.677. The topological polar surface area (TPSA) is 85.9 Å². The highest BCUT2D eigenvalue weighted by Crippen LogP contribution is 2.33. The molecule has 3 N–H and O–H groups in total. The van der Waals surface area contributed by atoms with Crippen LogP contribution in [0.5, 0.6) is 0 Å². The van der Waals surface area contributed by atoms with Crippen molar-refractivity contribution in [2.75, 3.05) is 12.3 Å². The van der Waals surface area contributed by atoms with Crippen LogP contribution >= 0.6 is 0 Å². The third-order valence-corrected chi connectivity index (χ3v) is 3.02.